The van der Waals surface area contributed by atoms with Crippen LogP contribution < -0.4 is 20.6 Å². The fourth-order valence-electron chi connectivity index (χ4n) is 3.16. The number of nitrogens with zero attached hydrogens (tertiary/aromatic N) is 6. The van der Waals surface area contributed by atoms with Gasteiger partial charge in [-0.25, -0.2) is 10.1 Å². The molecule has 13 heteroatoms. The summed E-state index contributed by atoms with van der Waals surface area (Å²) in [5, 5.41) is 29.1. The molecule has 0 bridgehead atoms. The van der Waals surface area contributed by atoms with E-state index < -0.39 is 5.91 Å². The minimum Gasteiger partial charge on any atom is -0.504 e. The molecule has 1 amide bonds. The monoisotopic (exact) mass is 478 g/mol. The average Bonchev–Trinajstić information content (AvgIpc) is 3.48. The van der Waals surface area contributed by atoms with Crippen LogP contribution in [-0.2, 0) is 0 Å². The normalized spacial score (nSPS) is 11.0. The zero-order valence-corrected chi connectivity index (χ0v) is 18.9. The van der Waals surface area contributed by atoms with Crippen molar-refractivity contribution in [3.63, 3.8) is 0 Å². The molecule has 0 aliphatic heterocycles. The molecule has 180 valence electrons. The van der Waals surface area contributed by atoms with E-state index in [2.05, 4.69) is 35.8 Å². The number of nitrogens with one attached hydrogen (secondary N) is 1. The summed E-state index contributed by atoms with van der Waals surface area (Å²) in [4.78, 5) is 13.0. The highest BCUT2D eigenvalue weighted by molar-refractivity contribution is 5.98. The van der Waals surface area contributed by atoms with Crippen LogP contribution in [0.4, 0.5) is 5.82 Å². The number of nitrogens with two attached hydrogens (primary N) is 1. The molecular weight excluding hydrogens is 456 g/mol. The highest BCUT2D eigenvalue weighted by Gasteiger charge is 2.25. The number of aromatic nitrogens is 5. The van der Waals surface area contributed by atoms with Crippen molar-refractivity contribution in [3.8, 4) is 34.3 Å². The van der Waals surface area contributed by atoms with Crippen LogP contribution in [0.25, 0.3) is 17.1 Å². The fraction of sp³-hybridized carbons (Fsp3) is 0.182. The Labute approximate surface area is 199 Å². The molecule has 2 heterocycles. The first-order valence-corrected chi connectivity index (χ1v) is 10.6. The Morgan fingerprint density at radius 2 is 1.94 bits per heavy atom. The van der Waals surface area contributed by atoms with Crippen molar-refractivity contribution in [1.29, 1.82) is 0 Å². The molecule has 4 N–H and O–H groups in total. The summed E-state index contributed by atoms with van der Waals surface area (Å²) < 4.78 is 16.8. The topological polar surface area (TPSA) is 176 Å². The van der Waals surface area contributed by atoms with Gasteiger partial charge in [0, 0.05) is 5.56 Å². The van der Waals surface area contributed by atoms with E-state index in [9.17, 15) is 9.90 Å². The number of rotatable bonds is 9. The lowest BCUT2D eigenvalue weighted by Crippen LogP contribution is -2.19. The first kappa shape index (κ1) is 23.2. The summed E-state index contributed by atoms with van der Waals surface area (Å²) in [6.45, 7) is 4.59. The molecule has 4 aromatic rings. The van der Waals surface area contributed by atoms with Gasteiger partial charge in [-0.1, -0.05) is 5.21 Å². The molecule has 0 unspecified atom stereocenters. The van der Waals surface area contributed by atoms with Gasteiger partial charge in [-0.05, 0) is 72.2 Å². The number of benzene rings is 2. The number of ether oxygens (including phenoxy) is 2. The summed E-state index contributed by atoms with van der Waals surface area (Å²) in [6, 6.07) is 11.7. The number of anilines is 1. The molecule has 0 saturated carbocycles. The van der Waals surface area contributed by atoms with Gasteiger partial charge in [0.15, 0.2) is 17.2 Å². The Kier molecular flexibility index (Phi) is 6.86. The second-order valence-corrected chi connectivity index (χ2v) is 6.99. The molecule has 0 spiro atoms. The van der Waals surface area contributed by atoms with Gasteiger partial charge in [-0.15, -0.1) is 5.10 Å². The maximum Gasteiger partial charge on any atom is 0.294 e. The van der Waals surface area contributed by atoms with Crippen LogP contribution in [0.5, 0.6) is 17.2 Å². The Bertz CT molecular complexity index is 1350. The third-order valence-corrected chi connectivity index (χ3v) is 4.68. The molecule has 13 nitrogen and oxygen atoms in total. The van der Waals surface area contributed by atoms with Gasteiger partial charge < -0.3 is 20.3 Å². The zero-order chi connectivity index (χ0) is 24.8. The van der Waals surface area contributed by atoms with Gasteiger partial charge in [0.2, 0.25) is 11.6 Å². The van der Waals surface area contributed by atoms with Crippen LogP contribution in [0.3, 0.4) is 0 Å². The minimum atomic E-state index is -0.629. The molecule has 0 radical (unpaired) electrons. The number of hydrogen-bond donors (Lipinski definition) is 3. The number of carbonyl (C=O) groups excluding carboxylic acids is 1. The SMILES string of the molecule is CCOc1ccc(-c2c(C(=O)NN=Cc3ccc(O)c(OCC)c3)nnn2-c2nonc2N)cc1. The molecule has 2 aromatic heterocycles. The first-order chi connectivity index (χ1) is 17.0. The summed E-state index contributed by atoms with van der Waals surface area (Å²) in [5.74, 6) is 0.401. The summed E-state index contributed by atoms with van der Waals surface area (Å²) >= 11 is 0. The van der Waals surface area contributed by atoms with Gasteiger partial charge in [0.25, 0.3) is 5.91 Å². The summed E-state index contributed by atoms with van der Waals surface area (Å²) in [7, 11) is 0. The van der Waals surface area contributed by atoms with Gasteiger partial charge >= 0.3 is 0 Å². The lowest BCUT2D eigenvalue weighted by molar-refractivity contribution is 0.0950. The lowest BCUT2D eigenvalue weighted by Gasteiger charge is -2.08. The standard InChI is InChI=1S/C22H22N8O5/c1-3-33-15-8-6-14(7-9-15)19-18(25-29-30(19)21-20(23)27-35-28-21)22(32)26-24-12-13-5-10-16(31)17(11-13)34-4-2/h5-12,31H,3-4H2,1-2H3,(H2,23,27)(H,26,32). The van der Waals surface area contributed by atoms with Crippen LogP contribution in [0.15, 0.2) is 52.2 Å². The van der Waals surface area contributed by atoms with Crippen molar-refractivity contribution in [3.05, 3.63) is 53.7 Å². The third kappa shape index (κ3) is 5.03. The number of amides is 1. The van der Waals surface area contributed by atoms with Crippen molar-refractivity contribution >= 4 is 17.9 Å². The van der Waals surface area contributed by atoms with Gasteiger partial charge in [0.1, 0.15) is 11.4 Å². The Morgan fingerprint density at radius 1 is 1.17 bits per heavy atom. The molecule has 2 aromatic carbocycles. The molecule has 0 saturated heterocycles. The first-order valence-electron chi connectivity index (χ1n) is 10.6. The highest BCUT2D eigenvalue weighted by Crippen LogP contribution is 2.28. The van der Waals surface area contributed by atoms with E-state index in [1.165, 1.54) is 17.0 Å². The van der Waals surface area contributed by atoms with Gasteiger partial charge in [-0.3, -0.25) is 4.79 Å². The predicted molar refractivity (Wildman–Crippen MR) is 125 cm³/mol. The van der Waals surface area contributed by atoms with Gasteiger partial charge in [-0.2, -0.15) is 9.78 Å². The second kappa shape index (κ2) is 10.3. The third-order valence-electron chi connectivity index (χ3n) is 4.68. The number of carbonyl (C=O) groups is 1. The smallest absolute Gasteiger partial charge is 0.294 e. The number of phenolic OH excluding ortho intramolecular Hbond substituents is 1. The van der Waals surface area contributed by atoms with Crippen molar-refractivity contribution in [2.24, 2.45) is 5.10 Å². The minimum absolute atomic E-state index is 0.00580. The van der Waals surface area contributed by atoms with E-state index in [0.717, 1.165) is 0 Å². The number of phenols is 1. The van der Waals surface area contributed by atoms with Crippen LogP contribution in [0, 0.1) is 0 Å². The van der Waals surface area contributed by atoms with Crippen molar-refractivity contribution in [2.45, 2.75) is 13.8 Å². The quantitative estimate of drug-likeness (QED) is 0.239. The molecule has 4 rings (SSSR count). The van der Waals surface area contributed by atoms with Crippen molar-refractivity contribution in [1.82, 2.24) is 30.7 Å². The van der Waals surface area contributed by atoms with E-state index in [4.69, 9.17) is 15.2 Å². The van der Waals surface area contributed by atoms with Crippen LogP contribution >= 0.6 is 0 Å². The summed E-state index contributed by atoms with van der Waals surface area (Å²) in [5.41, 5.74) is 9.71. The van der Waals surface area contributed by atoms with E-state index in [1.807, 2.05) is 6.92 Å². The molecule has 0 aliphatic carbocycles. The van der Waals surface area contributed by atoms with E-state index >= 15 is 0 Å². The maximum atomic E-state index is 13.0. The predicted octanol–water partition coefficient (Wildman–Crippen LogP) is 2.17. The molecule has 0 fully saturated rings. The number of nitrogen functional groups attached to an aromatic ring is 1. The zero-order valence-electron chi connectivity index (χ0n) is 18.9. The second-order valence-electron chi connectivity index (χ2n) is 6.99. The maximum absolute atomic E-state index is 13.0. The highest BCUT2D eigenvalue weighted by atomic mass is 16.6. The molecule has 0 atom stereocenters. The number of aromatic hydroxyl groups is 1. The lowest BCUT2D eigenvalue weighted by atomic mass is 10.1. The number of hydrogen-bond acceptors (Lipinski definition) is 11. The van der Waals surface area contributed by atoms with E-state index in [0.29, 0.717) is 41.5 Å². The Hall–Kier alpha value is -4.94. The molecular formula is C22H22N8O5. The fourth-order valence-corrected chi connectivity index (χ4v) is 3.16. The molecule has 35 heavy (non-hydrogen) atoms. The number of hydrazone groups is 1. The van der Waals surface area contributed by atoms with Crippen LogP contribution in [0.1, 0.15) is 29.9 Å². The van der Waals surface area contributed by atoms with Crippen molar-refractivity contribution < 1.29 is 24.0 Å². The van der Waals surface area contributed by atoms with E-state index in [1.54, 1.807) is 43.3 Å². The van der Waals surface area contributed by atoms with Crippen LogP contribution in [0.2, 0.25) is 0 Å². The van der Waals surface area contributed by atoms with Gasteiger partial charge in [0.05, 0.1) is 19.4 Å². The van der Waals surface area contributed by atoms with E-state index in [-0.39, 0.29) is 23.1 Å². The largest absolute Gasteiger partial charge is 0.504 e. The Balaban J connectivity index is 1.63. The average molecular weight is 478 g/mol. The van der Waals surface area contributed by atoms with Crippen LogP contribution in [-0.4, -0.2) is 55.7 Å². The summed E-state index contributed by atoms with van der Waals surface area (Å²) in [6.07, 6.45) is 1.40. The van der Waals surface area contributed by atoms with Crippen molar-refractivity contribution in [2.75, 3.05) is 18.9 Å². The Morgan fingerprint density at radius 3 is 2.63 bits per heavy atom. The molecule has 0 aliphatic rings.